The van der Waals surface area contributed by atoms with E-state index < -0.39 is 0 Å². The number of anilines is 1. The van der Waals surface area contributed by atoms with Crippen LogP contribution in [0, 0.1) is 6.92 Å². The predicted octanol–water partition coefficient (Wildman–Crippen LogP) is 4.54. The van der Waals surface area contributed by atoms with Crippen LogP contribution in [0.3, 0.4) is 0 Å². The first-order valence-corrected chi connectivity index (χ1v) is 8.26. The Morgan fingerprint density at radius 3 is 2.60 bits per heavy atom. The minimum absolute atomic E-state index is 0.205. The fourth-order valence-corrected chi connectivity index (χ4v) is 3.48. The molecule has 0 atom stereocenters. The van der Waals surface area contributed by atoms with Crippen molar-refractivity contribution in [1.82, 2.24) is 10.2 Å². The van der Waals surface area contributed by atoms with Crippen molar-refractivity contribution in [1.29, 1.82) is 0 Å². The molecule has 20 heavy (non-hydrogen) atoms. The van der Waals surface area contributed by atoms with Gasteiger partial charge in [-0.1, -0.05) is 57.9 Å². The summed E-state index contributed by atoms with van der Waals surface area (Å²) < 4.78 is 0.748. The fourth-order valence-electron chi connectivity index (χ4n) is 1.27. The molecule has 0 saturated heterocycles. The lowest BCUT2D eigenvalue weighted by Crippen LogP contribution is -2.14. The molecule has 106 valence electrons. The van der Waals surface area contributed by atoms with Crippen LogP contribution in [0.15, 0.2) is 16.5 Å². The number of carbonyl (C=O) groups is 1. The SMILES string of the molecule is Cc1nnc(SCC(=O)Nc2cc(Cl)c(Cl)cc2Cl)s1. The zero-order valence-electron chi connectivity index (χ0n) is 10.1. The number of aromatic nitrogens is 2. The van der Waals surface area contributed by atoms with E-state index in [-0.39, 0.29) is 11.7 Å². The fraction of sp³-hybridized carbons (Fsp3) is 0.182. The second-order valence-electron chi connectivity index (χ2n) is 3.67. The van der Waals surface area contributed by atoms with E-state index in [1.807, 2.05) is 6.92 Å². The molecule has 0 aliphatic carbocycles. The summed E-state index contributed by atoms with van der Waals surface area (Å²) in [6.07, 6.45) is 0. The summed E-state index contributed by atoms with van der Waals surface area (Å²) in [4.78, 5) is 11.8. The topological polar surface area (TPSA) is 54.9 Å². The minimum atomic E-state index is -0.205. The standard InChI is InChI=1S/C11H8Cl3N3OS2/c1-5-16-17-11(20-5)19-4-10(18)15-9-3-7(13)6(12)2-8(9)14/h2-3H,4H2,1H3,(H,15,18). The first-order chi connectivity index (χ1) is 9.45. The molecule has 0 fully saturated rings. The Kier molecular flexibility index (Phi) is 5.51. The molecule has 9 heteroatoms. The number of hydrogen-bond acceptors (Lipinski definition) is 5. The average Bonchev–Trinajstić information content (AvgIpc) is 2.79. The highest BCUT2D eigenvalue weighted by Crippen LogP contribution is 2.32. The Morgan fingerprint density at radius 1 is 1.25 bits per heavy atom. The maximum Gasteiger partial charge on any atom is 0.234 e. The van der Waals surface area contributed by atoms with Crippen LogP contribution in [-0.4, -0.2) is 21.9 Å². The number of nitrogens with one attached hydrogen (secondary N) is 1. The monoisotopic (exact) mass is 367 g/mol. The van der Waals surface area contributed by atoms with Crippen LogP contribution in [-0.2, 0) is 4.79 Å². The van der Waals surface area contributed by atoms with Crippen molar-refractivity contribution in [3.05, 3.63) is 32.2 Å². The van der Waals surface area contributed by atoms with E-state index in [9.17, 15) is 4.79 Å². The van der Waals surface area contributed by atoms with E-state index in [1.165, 1.54) is 35.2 Å². The van der Waals surface area contributed by atoms with Gasteiger partial charge >= 0.3 is 0 Å². The van der Waals surface area contributed by atoms with E-state index >= 15 is 0 Å². The van der Waals surface area contributed by atoms with Gasteiger partial charge in [0.2, 0.25) is 5.91 Å². The van der Waals surface area contributed by atoms with Crippen molar-refractivity contribution in [3.63, 3.8) is 0 Å². The lowest BCUT2D eigenvalue weighted by atomic mass is 10.3. The lowest BCUT2D eigenvalue weighted by Gasteiger charge is -2.08. The zero-order chi connectivity index (χ0) is 14.7. The Labute approximate surface area is 138 Å². The molecule has 0 spiro atoms. The Morgan fingerprint density at radius 2 is 1.95 bits per heavy atom. The van der Waals surface area contributed by atoms with Crippen molar-refractivity contribution in [2.75, 3.05) is 11.1 Å². The average molecular weight is 369 g/mol. The molecule has 2 rings (SSSR count). The highest BCUT2D eigenvalue weighted by atomic mass is 35.5. The molecule has 0 saturated carbocycles. The van der Waals surface area contributed by atoms with Crippen LogP contribution in [0.1, 0.15) is 5.01 Å². The number of benzene rings is 1. The highest BCUT2D eigenvalue weighted by molar-refractivity contribution is 8.01. The highest BCUT2D eigenvalue weighted by Gasteiger charge is 2.11. The van der Waals surface area contributed by atoms with Gasteiger partial charge in [0.05, 0.1) is 26.5 Å². The second-order valence-corrected chi connectivity index (χ2v) is 7.30. The summed E-state index contributed by atoms with van der Waals surface area (Å²) in [6.45, 7) is 1.86. The van der Waals surface area contributed by atoms with Gasteiger partial charge in [-0.25, -0.2) is 0 Å². The molecular formula is C11H8Cl3N3OS2. The summed E-state index contributed by atoms with van der Waals surface area (Å²) in [5, 5.41) is 12.4. The molecular weight excluding hydrogens is 361 g/mol. The molecule has 1 aromatic heterocycles. The number of amides is 1. The summed E-state index contributed by atoms with van der Waals surface area (Å²) in [5.74, 6) is 0.00808. The summed E-state index contributed by atoms with van der Waals surface area (Å²) in [7, 11) is 0. The van der Waals surface area contributed by atoms with Crippen molar-refractivity contribution in [2.45, 2.75) is 11.3 Å². The minimum Gasteiger partial charge on any atom is -0.324 e. The number of rotatable bonds is 4. The lowest BCUT2D eigenvalue weighted by molar-refractivity contribution is -0.113. The zero-order valence-corrected chi connectivity index (χ0v) is 14.0. The van der Waals surface area contributed by atoms with E-state index in [1.54, 1.807) is 0 Å². The first kappa shape index (κ1) is 15.9. The maximum absolute atomic E-state index is 11.8. The molecule has 0 aliphatic heterocycles. The summed E-state index contributed by atoms with van der Waals surface area (Å²) in [5.41, 5.74) is 0.431. The second kappa shape index (κ2) is 6.95. The van der Waals surface area contributed by atoms with Crippen molar-refractivity contribution in [3.8, 4) is 0 Å². The number of thioether (sulfide) groups is 1. The molecule has 0 aliphatic rings. The van der Waals surface area contributed by atoms with Crippen LogP contribution in [0.5, 0.6) is 0 Å². The van der Waals surface area contributed by atoms with Crippen LogP contribution < -0.4 is 5.32 Å². The third-order valence-corrected chi connectivity index (χ3v) is 5.13. The molecule has 4 nitrogen and oxygen atoms in total. The number of carbonyl (C=O) groups excluding carboxylic acids is 1. The van der Waals surface area contributed by atoms with E-state index in [0.29, 0.717) is 20.8 Å². The summed E-state index contributed by atoms with van der Waals surface area (Å²) >= 11 is 20.4. The number of nitrogens with zero attached hydrogens (tertiary/aromatic N) is 2. The maximum atomic E-state index is 11.8. The molecule has 1 amide bonds. The van der Waals surface area contributed by atoms with Crippen molar-refractivity contribution >= 4 is 69.5 Å². The third-order valence-electron chi connectivity index (χ3n) is 2.12. The predicted molar refractivity (Wildman–Crippen MR) is 85.5 cm³/mol. The van der Waals surface area contributed by atoms with Gasteiger partial charge in [-0.3, -0.25) is 4.79 Å². The smallest absolute Gasteiger partial charge is 0.234 e. The molecule has 1 aromatic carbocycles. The first-order valence-electron chi connectivity index (χ1n) is 5.33. The summed E-state index contributed by atoms with van der Waals surface area (Å²) in [6, 6.07) is 3.01. The van der Waals surface area contributed by atoms with Gasteiger partial charge in [0.25, 0.3) is 0 Å². The van der Waals surface area contributed by atoms with Crippen LogP contribution in [0.25, 0.3) is 0 Å². The molecule has 0 unspecified atom stereocenters. The normalized spacial score (nSPS) is 10.6. The molecule has 0 radical (unpaired) electrons. The van der Waals surface area contributed by atoms with Crippen LogP contribution in [0.4, 0.5) is 5.69 Å². The van der Waals surface area contributed by atoms with Gasteiger partial charge in [0.1, 0.15) is 5.01 Å². The van der Waals surface area contributed by atoms with Crippen LogP contribution >= 0.6 is 57.9 Å². The Hall–Kier alpha value is -0.530. The van der Waals surface area contributed by atoms with Crippen molar-refractivity contribution < 1.29 is 4.79 Å². The third kappa shape index (κ3) is 4.23. The van der Waals surface area contributed by atoms with E-state index in [2.05, 4.69) is 15.5 Å². The number of hydrogen-bond donors (Lipinski definition) is 1. The largest absolute Gasteiger partial charge is 0.324 e. The van der Waals surface area contributed by atoms with Crippen LogP contribution in [0.2, 0.25) is 15.1 Å². The van der Waals surface area contributed by atoms with Crippen molar-refractivity contribution in [2.24, 2.45) is 0 Å². The Bertz CT molecular complexity index is 648. The number of aryl methyl sites for hydroxylation is 1. The van der Waals surface area contributed by atoms with Gasteiger partial charge in [-0.15, -0.1) is 10.2 Å². The molecule has 1 N–H and O–H groups in total. The van der Waals surface area contributed by atoms with E-state index in [4.69, 9.17) is 34.8 Å². The van der Waals surface area contributed by atoms with Gasteiger partial charge in [-0.2, -0.15) is 0 Å². The van der Waals surface area contributed by atoms with Gasteiger partial charge in [0.15, 0.2) is 4.34 Å². The molecule has 1 heterocycles. The quantitative estimate of drug-likeness (QED) is 0.636. The number of halogens is 3. The molecule has 0 bridgehead atoms. The van der Waals surface area contributed by atoms with Gasteiger partial charge in [-0.05, 0) is 19.1 Å². The van der Waals surface area contributed by atoms with Gasteiger partial charge in [0, 0.05) is 0 Å². The molecule has 2 aromatic rings. The van der Waals surface area contributed by atoms with Gasteiger partial charge < -0.3 is 5.32 Å². The van der Waals surface area contributed by atoms with E-state index in [0.717, 1.165) is 9.35 Å². The Balaban J connectivity index is 1.96.